The van der Waals surface area contributed by atoms with Crippen molar-refractivity contribution in [1.82, 2.24) is 4.90 Å². The second kappa shape index (κ2) is 5.02. The molecule has 4 rings (SSSR count). The monoisotopic (exact) mass is 262 g/mol. The summed E-state index contributed by atoms with van der Waals surface area (Å²) >= 11 is 0. The predicted octanol–water partition coefficient (Wildman–Crippen LogP) is 1.27. The zero-order valence-electron chi connectivity index (χ0n) is 11.4. The third kappa shape index (κ3) is 2.30. The van der Waals surface area contributed by atoms with Crippen LogP contribution in [0.3, 0.4) is 0 Å². The Hall–Kier alpha value is -1.26. The van der Waals surface area contributed by atoms with Crippen LogP contribution in [-0.4, -0.2) is 42.4 Å². The third-order valence-electron chi connectivity index (χ3n) is 4.66. The van der Waals surface area contributed by atoms with Gasteiger partial charge in [-0.05, 0) is 56.0 Å². The van der Waals surface area contributed by atoms with Gasteiger partial charge in [0, 0.05) is 6.04 Å². The molecule has 3 fully saturated rings. The maximum Gasteiger partial charge on any atom is 0.141 e. The number of rotatable bonds is 3. The van der Waals surface area contributed by atoms with Gasteiger partial charge in [0.15, 0.2) is 0 Å². The number of anilines is 1. The maximum absolute atomic E-state index is 10.4. The van der Waals surface area contributed by atoms with Gasteiger partial charge in [-0.1, -0.05) is 6.07 Å². The first-order valence-corrected chi connectivity index (χ1v) is 7.03. The number of hydrogen-bond acceptors (Lipinski definition) is 4. The minimum Gasteiger partial charge on any atom is -0.495 e. The summed E-state index contributed by atoms with van der Waals surface area (Å²) in [6, 6.07) is 6.17. The lowest BCUT2D eigenvalue weighted by atomic mass is 9.78. The second-order valence-corrected chi connectivity index (χ2v) is 5.71. The SMILES string of the molecule is COc1ccc(CC2C(O)C3CCN2CC3)cc1N. The van der Waals surface area contributed by atoms with E-state index >= 15 is 0 Å². The molecule has 3 heterocycles. The van der Waals surface area contributed by atoms with Crippen molar-refractivity contribution in [1.29, 1.82) is 0 Å². The second-order valence-electron chi connectivity index (χ2n) is 5.71. The van der Waals surface area contributed by atoms with E-state index in [0.717, 1.165) is 38.1 Å². The lowest BCUT2D eigenvalue weighted by molar-refractivity contribution is -0.0715. The first-order chi connectivity index (χ1) is 9.19. The molecule has 0 radical (unpaired) electrons. The fraction of sp³-hybridized carbons (Fsp3) is 0.600. The van der Waals surface area contributed by atoms with Crippen LogP contribution in [0.4, 0.5) is 5.69 Å². The molecule has 3 aliphatic heterocycles. The number of methoxy groups -OCH3 is 1. The van der Waals surface area contributed by atoms with E-state index in [1.165, 1.54) is 5.56 Å². The molecule has 1 aromatic rings. The smallest absolute Gasteiger partial charge is 0.141 e. The largest absolute Gasteiger partial charge is 0.495 e. The zero-order valence-corrected chi connectivity index (χ0v) is 11.4. The van der Waals surface area contributed by atoms with Crippen LogP contribution in [-0.2, 0) is 6.42 Å². The summed E-state index contributed by atoms with van der Waals surface area (Å²) < 4.78 is 5.18. The average Bonchev–Trinajstić information content (AvgIpc) is 2.43. The molecule has 0 aromatic heterocycles. The molecule has 2 bridgehead atoms. The molecule has 0 spiro atoms. The Balaban J connectivity index is 1.76. The van der Waals surface area contributed by atoms with Crippen molar-refractivity contribution in [2.45, 2.75) is 31.4 Å². The summed E-state index contributed by atoms with van der Waals surface area (Å²) in [5.41, 5.74) is 7.79. The number of nitrogens with two attached hydrogens (primary N) is 1. The highest BCUT2D eigenvalue weighted by Gasteiger charge is 2.40. The summed E-state index contributed by atoms with van der Waals surface area (Å²) in [6.07, 6.45) is 2.96. The van der Waals surface area contributed by atoms with Gasteiger partial charge in [-0.25, -0.2) is 0 Å². The zero-order chi connectivity index (χ0) is 13.4. The van der Waals surface area contributed by atoms with Gasteiger partial charge in [0.2, 0.25) is 0 Å². The summed E-state index contributed by atoms with van der Waals surface area (Å²) in [4.78, 5) is 2.42. The number of aliphatic hydroxyl groups excluding tert-OH is 1. The Labute approximate surface area is 114 Å². The van der Waals surface area contributed by atoms with E-state index in [-0.39, 0.29) is 12.1 Å². The van der Waals surface area contributed by atoms with E-state index in [1.807, 2.05) is 18.2 Å². The molecule has 4 heteroatoms. The molecule has 3 aliphatic rings. The van der Waals surface area contributed by atoms with E-state index < -0.39 is 0 Å². The Bertz CT molecular complexity index is 453. The quantitative estimate of drug-likeness (QED) is 0.806. The van der Waals surface area contributed by atoms with Crippen LogP contribution >= 0.6 is 0 Å². The van der Waals surface area contributed by atoms with Gasteiger partial charge in [0.05, 0.1) is 18.9 Å². The molecule has 104 valence electrons. The van der Waals surface area contributed by atoms with Crippen LogP contribution in [0.25, 0.3) is 0 Å². The van der Waals surface area contributed by atoms with Gasteiger partial charge in [-0.15, -0.1) is 0 Å². The number of aliphatic hydroxyl groups is 1. The fourth-order valence-electron chi connectivity index (χ4n) is 3.52. The molecule has 0 saturated carbocycles. The van der Waals surface area contributed by atoms with Crippen molar-refractivity contribution in [3.05, 3.63) is 23.8 Å². The Morgan fingerprint density at radius 2 is 2.11 bits per heavy atom. The average molecular weight is 262 g/mol. The van der Waals surface area contributed by atoms with E-state index in [2.05, 4.69) is 4.90 Å². The van der Waals surface area contributed by atoms with Crippen molar-refractivity contribution in [3.63, 3.8) is 0 Å². The van der Waals surface area contributed by atoms with Gasteiger partial charge in [0.25, 0.3) is 0 Å². The van der Waals surface area contributed by atoms with Crippen molar-refractivity contribution in [2.75, 3.05) is 25.9 Å². The Kier molecular flexibility index (Phi) is 3.37. The molecule has 0 aliphatic carbocycles. The number of nitrogens with zero attached hydrogens (tertiary/aromatic N) is 1. The first-order valence-electron chi connectivity index (χ1n) is 7.03. The third-order valence-corrected chi connectivity index (χ3v) is 4.66. The van der Waals surface area contributed by atoms with Gasteiger partial charge < -0.3 is 15.6 Å². The molecule has 0 amide bonds. The highest BCUT2D eigenvalue weighted by Crippen LogP contribution is 2.34. The van der Waals surface area contributed by atoms with E-state index in [4.69, 9.17) is 10.5 Å². The summed E-state index contributed by atoms with van der Waals surface area (Å²) in [5.74, 6) is 1.21. The van der Waals surface area contributed by atoms with Gasteiger partial charge in [-0.2, -0.15) is 0 Å². The normalized spacial score (nSPS) is 33.4. The lowest BCUT2D eigenvalue weighted by Crippen LogP contribution is -2.58. The molecule has 2 atom stereocenters. The van der Waals surface area contributed by atoms with Crippen molar-refractivity contribution >= 4 is 5.69 Å². The molecular formula is C15H22N2O2. The van der Waals surface area contributed by atoms with E-state index in [9.17, 15) is 5.11 Å². The van der Waals surface area contributed by atoms with Crippen LogP contribution in [0.15, 0.2) is 18.2 Å². The van der Waals surface area contributed by atoms with Crippen molar-refractivity contribution in [3.8, 4) is 5.75 Å². The molecule has 1 aromatic carbocycles. The van der Waals surface area contributed by atoms with Crippen molar-refractivity contribution in [2.24, 2.45) is 5.92 Å². The summed E-state index contributed by atoms with van der Waals surface area (Å²) in [5, 5.41) is 10.4. The number of ether oxygens (including phenoxy) is 1. The summed E-state index contributed by atoms with van der Waals surface area (Å²) in [6.45, 7) is 2.25. The maximum atomic E-state index is 10.4. The number of piperidine rings is 3. The number of fused-ring (bicyclic) bond motifs is 3. The molecule has 3 N–H and O–H groups in total. The van der Waals surface area contributed by atoms with Crippen LogP contribution in [0.2, 0.25) is 0 Å². The minimum atomic E-state index is -0.189. The number of benzene rings is 1. The van der Waals surface area contributed by atoms with Gasteiger partial charge >= 0.3 is 0 Å². The Morgan fingerprint density at radius 3 is 2.68 bits per heavy atom. The standard InChI is InChI=1S/C15H22N2O2/c1-19-14-3-2-10(8-12(14)16)9-13-15(18)11-4-6-17(13)7-5-11/h2-3,8,11,13,15,18H,4-7,9,16H2,1H3. The van der Waals surface area contributed by atoms with Gasteiger partial charge in [-0.3, -0.25) is 4.90 Å². The van der Waals surface area contributed by atoms with Crippen LogP contribution in [0.1, 0.15) is 18.4 Å². The minimum absolute atomic E-state index is 0.189. The van der Waals surface area contributed by atoms with Crippen LogP contribution < -0.4 is 10.5 Å². The molecular weight excluding hydrogens is 240 g/mol. The highest BCUT2D eigenvalue weighted by atomic mass is 16.5. The van der Waals surface area contributed by atoms with Gasteiger partial charge in [0.1, 0.15) is 5.75 Å². The number of hydrogen-bond donors (Lipinski definition) is 2. The molecule has 3 saturated heterocycles. The fourth-order valence-corrected chi connectivity index (χ4v) is 3.52. The lowest BCUT2D eigenvalue weighted by Gasteiger charge is -2.49. The highest BCUT2D eigenvalue weighted by molar-refractivity contribution is 5.54. The molecule has 4 nitrogen and oxygen atoms in total. The summed E-state index contributed by atoms with van der Waals surface area (Å²) in [7, 11) is 1.63. The van der Waals surface area contributed by atoms with E-state index in [1.54, 1.807) is 7.11 Å². The molecule has 19 heavy (non-hydrogen) atoms. The Morgan fingerprint density at radius 1 is 1.37 bits per heavy atom. The molecule has 2 unspecified atom stereocenters. The number of nitrogen functional groups attached to an aromatic ring is 1. The van der Waals surface area contributed by atoms with Crippen LogP contribution in [0, 0.1) is 5.92 Å². The van der Waals surface area contributed by atoms with E-state index in [0.29, 0.717) is 11.6 Å². The predicted molar refractivity (Wildman–Crippen MR) is 75.2 cm³/mol. The van der Waals surface area contributed by atoms with Crippen molar-refractivity contribution < 1.29 is 9.84 Å². The van der Waals surface area contributed by atoms with Crippen LogP contribution in [0.5, 0.6) is 5.75 Å². The first kappa shape index (κ1) is 12.8. The topological polar surface area (TPSA) is 58.7 Å².